The second-order valence-electron chi connectivity index (χ2n) is 7.56. The van der Waals surface area contributed by atoms with Crippen LogP contribution in [0.4, 0.5) is 5.69 Å². The average molecular weight is 476 g/mol. The van der Waals surface area contributed by atoms with Crippen molar-refractivity contribution in [3.63, 3.8) is 0 Å². The van der Waals surface area contributed by atoms with Gasteiger partial charge >= 0.3 is 5.97 Å². The highest BCUT2D eigenvalue weighted by Crippen LogP contribution is 2.15. The molecule has 0 unspecified atom stereocenters. The van der Waals surface area contributed by atoms with Crippen LogP contribution in [0.3, 0.4) is 0 Å². The second-order valence-corrected chi connectivity index (χ2v) is 9.33. The summed E-state index contributed by atoms with van der Waals surface area (Å²) >= 11 is 0. The van der Waals surface area contributed by atoms with Crippen LogP contribution in [-0.2, 0) is 30.9 Å². The average Bonchev–Trinajstić information content (AvgIpc) is 2.76. The van der Waals surface area contributed by atoms with Crippen LogP contribution >= 0.6 is 0 Å². The Morgan fingerprint density at radius 1 is 1.00 bits per heavy atom. The highest BCUT2D eigenvalue weighted by Gasteiger charge is 2.22. The van der Waals surface area contributed by atoms with Gasteiger partial charge in [0.2, 0.25) is 15.9 Å². The van der Waals surface area contributed by atoms with Crippen LogP contribution in [0.25, 0.3) is 0 Å². The fraction of sp³-hybridized carbons (Fsp3) is 0.348. The number of amides is 2. The molecule has 0 aliphatic heterocycles. The van der Waals surface area contributed by atoms with E-state index < -0.39 is 16.0 Å². The zero-order chi connectivity index (χ0) is 24.6. The second kappa shape index (κ2) is 11.6. The van der Waals surface area contributed by atoms with Crippen LogP contribution in [0.5, 0.6) is 0 Å². The van der Waals surface area contributed by atoms with Crippen molar-refractivity contribution in [1.29, 1.82) is 0 Å². The van der Waals surface area contributed by atoms with E-state index in [1.807, 2.05) is 13.8 Å². The summed E-state index contributed by atoms with van der Waals surface area (Å²) in [5.41, 5.74) is 1.54. The van der Waals surface area contributed by atoms with Gasteiger partial charge in [0.1, 0.15) is 6.54 Å². The van der Waals surface area contributed by atoms with E-state index in [-0.39, 0.29) is 42.4 Å². The Bertz CT molecular complexity index is 1080. The van der Waals surface area contributed by atoms with Gasteiger partial charge in [0.25, 0.3) is 5.91 Å². The van der Waals surface area contributed by atoms with E-state index in [4.69, 9.17) is 4.74 Å². The number of carbonyl (C=O) groups is 3. The quantitative estimate of drug-likeness (QED) is 0.509. The number of anilines is 1. The lowest BCUT2D eigenvalue weighted by Crippen LogP contribution is -2.41. The minimum absolute atomic E-state index is 0.0287. The van der Waals surface area contributed by atoms with Gasteiger partial charge < -0.3 is 15.0 Å². The van der Waals surface area contributed by atoms with E-state index in [1.165, 1.54) is 36.1 Å². The molecule has 0 fully saturated rings. The van der Waals surface area contributed by atoms with E-state index in [1.54, 1.807) is 31.2 Å². The Hall–Kier alpha value is -3.24. The molecule has 0 bridgehead atoms. The minimum Gasteiger partial charge on any atom is -0.465 e. The molecule has 2 aromatic carbocycles. The van der Waals surface area contributed by atoms with E-state index in [0.29, 0.717) is 16.8 Å². The molecule has 2 N–H and O–H groups in total. The molecule has 0 aromatic heterocycles. The first-order chi connectivity index (χ1) is 15.5. The number of hydrogen-bond acceptors (Lipinski definition) is 6. The number of hydrogen-bond donors (Lipinski definition) is 2. The molecule has 178 valence electrons. The molecule has 2 amide bonds. The molecule has 0 spiro atoms. The number of esters is 1. The van der Waals surface area contributed by atoms with E-state index in [0.717, 1.165) is 0 Å². The first kappa shape index (κ1) is 26.0. The summed E-state index contributed by atoms with van der Waals surface area (Å²) in [6.45, 7) is 6.81. The van der Waals surface area contributed by atoms with Crippen LogP contribution in [0.15, 0.2) is 53.4 Å². The van der Waals surface area contributed by atoms with E-state index >= 15 is 0 Å². The molecule has 0 saturated heterocycles. The largest absolute Gasteiger partial charge is 0.465 e. The summed E-state index contributed by atoms with van der Waals surface area (Å²) in [4.78, 5) is 37.2. The monoisotopic (exact) mass is 475 g/mol. The van der Waals surface area contributed by atoms with Crippen molar-refractivity contribution in [2.45, 2.75) is 45.2 Å². The number of rotatable bonds is 10. The molecule has 0 atom stereocenters. The Balaban J connectivity index is 2.03. The summed E-state index contributed by atoms with van der Waals surface area (Å²) in [7, 11) is -3.76. The maximum Gasteiger partial charge on any atom is 0.325 e. The van der Waals surface area contributed by atoms with Crippen molar-refractivity contribution in [3.8, 4) is 0 Å². The molecule has 2 rings (SSSR count). The number of nitrogens with one attached hydrogen (secondary N) is 2. The van der Waals surface area contributed by atoms with Crippen molar-refractivity contribution in [2.75, 3.05) is 18.5 Å². The van der Waals surface area contributed by atoms with Crippen molar-refractivity contribution in [3.05, 3.63) is 59.7 Å². The fourth-order valence-electron chi connectivity index (χ4n) is 2.95. The van der Waals surface area contributed by atoms with Gasteiger partial charge in [-0.3, -0.25) is 14.4 Å². The molecule has 0 saturated carbocycles. The van der Waals surface area contributed by atoms with Gasteiger partial charge in [0, 0.05) is 30.8 Å². The summed E-state index contributed by atoms with van der Waals surface area (Å²) in [5, 5.41) is 2.58. The van der Waals surface area contributed by atoms with Gasteiger partial charge in [-0.05, 0) is 62.7 Å². The minimum atomic E-state index is -3.76. The fourth-order valence-corrected chi connectivity index (χ4v) is 3.97. The smallest absolute Gasteiger partial charge is 0.325 e. The molecule has 33 heavy (non-hydrogen) atoms. The maximum atomic E-state index is 12.8. The molecule has 2 aromatic rings. The van der Waals surface area contributed by atoms with Gasteiger partial charge in [-0.2, -0.15) is 0 Å². The number of nitrogens with zero attached hydrogens (tertiary/aromatic N) is 1. The maximum absolute atomic E-state index is 12.8. The lowest BCUT2D eigenvalue weighted by molar-refractivity contribution is -0.144. The van der Waals surface area contributed by atoms with Crippen molar-refractivity contribution in [1.82, 2.24) is 9.62 Å². The predicted molar refractivity (Wildman–Crippen MR) is 124 cm³/mol. The van der Waals surface area contributed by atoms with Crippen LogP contribution in [0.1, 0.15) is 43.6 Å². The van der Waals surface area contributed by atoms with Gasteiger partial charge in [0.05, 0.1) is 11.5 Å². The summed E-state index contributed by atoms with van der Waals surface area (Å²) < 4.78 is 32.5. The van der Waals surface area contributed by atoms with Gasteiger partial charge in [-0.15, -0.1) is 0 Å². The Kier molecular flexibility index (Phi) is 9.12. The predicted octanol–water partition coefficient (Wildman–Crippen LogP) is 2.54. The Labute approximate surface area is 194 Å². The molecule has 0 aliphatic carbocycles. The Morgan fingerprint density at radius 3 is 2.12 bits per heavy atom. The molecule has 0 aliphatic rings. The first-order valence-corrected chi connectivity index (χ1v) is 11.9. The highest BCUT2D eigenvalue weighted by atomic mass is 32.2. The van der Waals surface area contributed by atoms with Crippen LogP contribution < -0.4 is 10.0 Å². The SMILES string of the molecule is CCOC(=O)CN(C(=O)c1ccc(CNS(=O)(=O)c2ccc(NC(C)=O)cc2)cc1)C(C)C. The zero-order valence-corrected chi connectivity index (χ0v) is 19.9. The third kappa shape index (κ3) is 7.69. The molecular formula is C23H29N3O6S. The number of benzene rings is 2. The van der Waals surface area contributed by atoms with Gasteiger partial charge in [-0.1, -0.05) is 12.1 Å². The molecule has 0 heterocycles. The molecule has 0 radical (unpaired) electrons. The van der Waals surface area contributed by atoms with Crippen molar-refractivity contribution < 1.29 is 27.5 Å². The molecule has 10 heteroatoms. The lowest BCUT2D eigenvalue weighted by Gasteiger charge is -2.25. The lowest BCUT2D eigenvalue weighted by atomic mass is 10.1. The first-order valence-electron chi connectivity index (χ1n) is 10.5. The summed E-state index contributed by atoms with van der Waals surface area (Å²) in [6, 6.07) is 12.1. The van der Waals surface area contributed by atoms with Crippen molar-refractivity contribution in [2.24, 2.45) is 0 Å². The third-order valence-corrected chi connectivity index (χ3v) is 6.06. The molecular weight excluding hydrogens is 446 g/mol. The molecule has 9 nitrogen and oxygen atoms in total. The standard InChI is InChI=1S/C23H29N3O6S/c1-5-32-22(28)15-26(16(2)3)23(29)19-8-6-18(7-9-19)14-24-33(30,31)21-12-10-20(11-13-21)25-17(4)27/h6-13,16,24H,5,14-15H2,1-4H3,(H,25,27). The zero-order valence-electron chi connectivity index (χ0n) is 19.1. The van der Waals surface area contributed by atoms with Gasteiger partial charge in [0.15, 0.2) is 0 Å². The van der Waals surface area contributed by atoms with Crippen LogP contribution in [-0.4, -0.2) is 50.3 Å². The normalized spacial score (nSPS) is 11.2. The number of ether oxygens (including phenoxy) is 1. The van der Waals surface area contributed by atoms with Crippen LogP contribution in [0.2, 0.25) is 0 Å². The van der Waals surface area contributed by atoms with Crippen molar-refractivity contribution >= 4 is 33.5 Å². The van der Waals surface area contributed by atoms with E-state index in [2.05, 4.69) is 10.0 Å². The van der Waals surface area contributed by atoms with E-state index in [9.17, 15) is 22.8 Å². The van der Waals surface area contributed by atoms with Gasteiger partial charge in [-0.25, -0.2) is 13.1 Å². The summed E-state index contributed by atoms with van der Waals surface area (Å²) in [6.07, 6.45) is 0. The third-order valence-electron chi connectivity index (χ3n) is 4.64. The van der Waals surface area contributed by atoms with Crippen LogP contribution in [0, 0.1) is 0 Å². The number of sulfonamides is 1. The Morgan fingerprint density at radius 2 is 1.61 bits per heavy atom. The summed E-state index contributed by atoms with van der Waals surface area (Å²) in [5.74, 6) is -1.04. The highest BCUT2D eigenvalue weighted by molar-refractivity contribution is 7.89. The number of carbonyl (C=O) groups excluding carboxylic acids is 3. The topological polar surface area (TPSA) is 122 Å².